The molecule has 0 amide bonds. The van der Waals surface area contributed by atoms with Crippen LogP contribution in [-0.2, 0) is 0 Å². The third-order valence-corrected chi connectivity index (χ3v) is 2.04. The van der Waals surface area contributed by atoms with Crippen molar-refractivity contribution in [2.24, 2.45) is 0 Å². The molecule has 0 spiro atoms. The first-order valence-corrected chi connectivity index (χ1v) is 5.11. The second-order valence-corrected chi connectivity index (χ2v) is 3.42. The summed E-state index contributed by atoms with van der Waals surface area (Å²) < 4.78 is 40.9. The monoisotopic (exact) mass is 259 g/mol. The Morgan fingerprint density at radius 2 is 1.94 bits per heavy atom. The molecule has 1 aromatic carbocycles. The number of halogens is 3. The Labute approximate surface area is 103 Å². The summed E-state index contributed by atoms with van der Waals surface area (Å²) in [6.45, 7) is -0.125. The highest BCUT2D eigenvalue weighted by Crippen LogP contribution is 2.17. The van der Waals surface area contributed by atoms with Gasteiger partial charge in [-0.3, -0.25) is 5.32 Å². The quantitative estimate of drug-likeness (QED) is 0.478. The lowest BCUT2D eigenvalue weighted by Gasteiger charge is -2.16. The number of benzene rings is 1. The summed E-state index contributed by atoms with van der Waals surface area (Å²) in [5.74, 6) is 2.92. The van der Waals surface area contributed by atoms with Crippen LogP contribution >= 0.6 is 0 Å². The van der Waals surface area contributed by atoms with E-state index in [0.717, 1.165) is 0 Å². The van der Waals surface area contributed by atoms with Crippen molar-refractivity contribution in [2.45, 2.75) is 12.4 Å². The van der Waals surface area contributed by atoms with Crippen LogP contribution in [0.4, 0.5) is 13.2 Å². The van der Waals surface area contributed by atoms with Gasteiger partial charge in [0.15, 0.2) is 0 Å². The van der Waals surface area contributed by atoms with Crippen LogP contribution in [0.5, 0.6) is 5.75 Å². The van der Waals surface area contributed by atoms with Crippen LogP contribution in [0.1, 0.15) is 5.56 Å². The minimum atomic E-state index is -4.67. The van der Waals surface area contributed by atoms with Gasteiger partial charge in [-0.15, -0.1) is 6.42 Å². The van der Waals surface area contributed by atoms with Crippen LogP contribution in [0.2, 0.25) is 0 Å². The number of rotatable bonds is 5. The van der Waals surface area contributed by atoms with E-state index >= 15 is 0 Å². The number of nitrogens with one attached hydrogen (secondary N) is 1. The van der Waals surface area contributed by atoms with E-state index in [2.05, 4.69) is 5.92 Å². The minimum absolute atomic E-state index is 0.00252. The molecule has 1 rings (SSSR count). The second-order valence-electron chi connectivity index (χ2n) is 3.42. The van der Waals surface area contributed by atoms with Crippen LogP contribution in [0.15, 0.2) is 24.3 Å². The van der Waals surface area contributed by atoms with Crippen LogP contribution in [-0.4, -0.2) is 30.7 Å². The van der Waals surface area contributed by atoms with Gasteiger partial charge in [0.05, 0.1) is 0 Å². The van der Waals surface area contributed by atoms with Gasteiger partial charge in [0.2, 0.25) is 6.23 Å². The molecule has 0 aliphatic rings. The molecule has 18 heavy (non-hydrogen) atoms. The van der Waals surface area contributed by atoms with Crippen molar-refractivity contribution in [2.75, 3.05) is 13.2 Å². The van der Waals surface area contributed by atoms with Gasteiger partial charge >= 0.3 is 6.18 Å². The first-order valence-electron chi connectivity index (χ1n) is 5.11. The van der Waals surface area contributed by atoms with Gasteiger partial charge in [0.1, 0.15) is 12.4 Å². The molecule has 3 nitrogen and oxygen atoms in total. The van der Waals surface area contributed by atoms with E-state index in [1.165, 1.54) is 0 Å². The summed E-state index contributed by atoms with van der Waals surface area (Å²) in [5, 5.41) is 10.5. The molecule has 0 saturated heterocycles. The highest BCUT2D eigenvalue weighted by molar-refractivity contribution is 5.36. The molecule has 1 unspecified atom stereocenters. The molecule has 0 bridgehead atoms. The van der Waals surface area contributed by atoms with Crippen LogP contribution in [0.3, 0.4) is 0 Å². The molecular weight excluding hydrogens is 247 g/mol. The van der Waals surface area contributed by atoms with Crippen molar-refractivity contribution in [3.63, 3.8) is 0 Å². The lowest BCUT2D eigenvalue weighted by molar-refractivity contribution is -0.213. The van der Waals surface area contributed by atoms with Gasteiger partial charge < -0.3 is 9.84 Å². The normalized spacial score (nSPS) is 12.8. The highest BCUT2D eigenvalue weighted by atomic mass is 19.4. The van der Waals surface area contributed by atoms with E-state index in [1.54, 1.807) is 24.3 Å². The minimum Gasteiger partial charge on any atom is -0.492 e. The molecule has 98 valence electrons. The van der Waals surface area contributed by atoms with Crippen LogP contribution < -0.4 is 10.1 Å². The lowest BCUT2D eigenvalue weighted by atomic mass is 10.2. The van der Waals surface area contributed by atoms with Gasteiger partial charge in [-0.2, -0.15) is 13.2 Å². The van der Waals surface area contributed by atoms with E-state index in [9.17, 15) is 13.2 Å². The van der Waals surface area contributed by atoms with Gasteiger partial charge in [0, 0.05) is 12.1 Å². The molecule has 2 N–H and O–H groups in total. The Balaban J connectivity index is 2.28. The maximum atomic E-state index is 11.9. The first kappa shape index (κ1) is 14.4. The predicted molar refractivity (Wildman–Crippen MR) is 59.9 cm³/mol. The van der Waals surface area contributed by atoms with E-state index in [0.29, 0.717) is 11.3 Å². The van der Waals surface area contributed by atoms with E-state index < -0.39 is 12.4 Å². The van der Waals surface area contributed by atoms with Gasteiger partial charge in [-0.05, 0) is 24.3 Å². The lowest BCUT2D eigenvalue weighted by Crippen LogP contribution is -2.43. The number of aliphatic hydroxyl groups is 1. The number of hydrogen-bond donors (Lipinski definition) is 2. The summed E-state index contributed by atoms with van der Waals surface area (Å²) in [6, 6.07) is 6.56. The van der Waals surface area contributed by atoms with Crippen LogP contribution in [0.25, 0.3) is 0 Å². The van der Waals surface area contributed by atoms with E-state index in [4.69, 9.17) is 16.3 Å². The Bertz CT molecular complexity index is 409. The number of alkyl halides is 3. The summed E-state index contributed by atoms with van der Waals surface area (Å²) in [7, 11) is 0. The third-order valence-electron chi connectivity index (χ3n) is 2.04. The number of terminal acetylenes is 1. The summed E-state index contributed by atoms with van der Waals surface area (Å²) in [5.41, 5.74) is 0.688. The molecule has 0 aromatic heterocycles. The molecule has 0 aliphatic heterocycles. The largest absolute Gasteiger partial charge is 0.492 e. The molecule has 0 heterocycles. The zero-order chi connectivity index (χ0) is 13.6. The fourth-order valence-electron chi connectivity index (χ4n) is 1.13. The van der Waals surface area contributed by atoms with Crippen molar-refractivity contribution < 1.29 is 23.0 Å². The Morgan fingerprint density at radius 1 is 1.33 bits per heavy atom. The topological polar surface area (TPSA) is 41.5 Å². The van der Waals surface area contributed by atoms with Gasteiger partial charge in [-0.1, -0.05) is 5.92 Å². The maximum Gasteiger partial charge on any atom is 0.427 e. The van der Waals surface area contributed by atoms with E-state index in [-0.39, 0.29) is 13.2 Å². The third kappa shape index (κ3) is 4.65. The molecule has 0 fully saturated rings. The zero-order valence-electron chi connectivity index (χ0n) is 9.37. The Morgan fingerprint density at radius 3 is 2.44 bits per heavy atom. The Hall–Kier alpha value is -1.71. The average molecular weight is 259 g/mol. The molecule has 1 atom stereocenters. The second kappa shape index (κ2) is 6.28. The van der Waals surface area contributed by atoms with Crippen molar-refractivity contribution >= 4 is 0 Å². The SMILES string of the molecule is C#Cc1ccc(OCCNC(O)C(F)(F)F)cc1. The fraction of sp³-hybridized carbons (Fsp3) is 0.333. The van der Waals surface area contributed by atoms with Crippen molar-refractivity contribution in [1.29, 1.82) is 0 Å². The van der Waals surface area contributed by atoms with Gasteiger partial charge in [-0.25, -0.2) is 0 Å². The standard InChI is InChI=1S/C12H12F3NO2/c1-2-9-3-5-10(6-4-9)18-8-7-16-11(17)12(13,14)15/h1,3-6,11,16-17H,7-8H2. The van der Waals surface area contributed by atoms with Crippen LogP contribution in [0, 0.1) is 12.3 Å². The first-order chi connectivity index (χ1) is 8.43. The molecule has 6 heteroatoms. The maximum absolute atomic E-state index is 11.9. The summed E-state index contributed by atoms with van der Waals surface area (Å²) in [4.78, 5) is 0. The average Bonchev–Trinajstić information content (AvgIpc) is 2.34. The highest BCUT2D eigenvalue weighted by Gasteiger charge is 2.37. The smallest absolute Gasteiger partial charge is 0.427 e. The molecule has 0 radical (unpaired) electrons. The van der Waals surface area contributed by atoms with E-state index in [1.807, 2.05) is 5.32 Å². The number of hydrogen-bond acceptors (Lipinski definition) is 3. The molecular formula is C12H12F3NO2. The number of aliphatic hydroxyl groups excluding tert-OH is 1. The van der Waals surface area contributed by atoms with Gasteiger partial charge in [0.25, 0.3) is 0 Å². The molecule has 1 aromatic rings. The van der Waals surface area contributed by atoms with Crippen molar-refractivity contribution in [3.05, 3.63) is 29.8 Å². The predicted octanol–water partition coefficient (Wildman–Crippen LogP) is 1.52. The summed E-state index contributed by atoms with van der Waals surface area (Å²) >= 11 is 0. The Kier molecular flexibility index (Phi) is 5.01. The summed E-state index contributed by atoms with van der Waals surface area (Å²) in [6.07, 6.45) is -2.05. The van der Waals surface area contributed by atoms with Crippen molar-refractivity contribution in [1.82, 2.24) is 5.32 Å². The molecule has 0 aliphatic carbocycles. The fourth-order valence-corrected chi connectivity index (χ4v) is 1.13. The molecule has 0 saturated carbocycles. The number of ether oxygens (including phenoxy) is 1. The zero-order valence-corrected chi connectivity index (χ0v) is 9.37. The van der Waals surface area contributed by atoms with Crippen molar-refractivity contribution in [3.8, 4) is 18.1 Å².